The lowest BCUT2D eigenvalue weighted by Gasteiger charge is -1.99. The van der Waals surface area contributed by atoms with Gasteiger partial charge >= 0.3 is 6.18 Å². The van der Waals surface area contributed by atoms with Crippen molar-refractivity contribution >= 4 is 6.29 Å². The molecule has 0 aliphatic carbocycles. The molecule has 90 valence electrons. The first-order valence-corrected chi connectivity index (χ1v) is 4.45. The number of hydrogen-bond acceptors (Lipinski definition) is 4. The van der Waals surface area contributed by atoms with E-state index in [1.165, 1.54) is 16.9 Å². The van der Waals surface area contributed by atoms with E-state index in [1.807, 2.05) is 0 Å². The summed E-state index contributed by atoms with van der Waals surface area (Å²) in [5.41, 5.74) is -1.21. The highest BCUT2D eigenvalue weighted by Gasteiger charge is 2.39. The molecule has 2 rings (SSSR count). The Kier molecular flexibility index (Phi) is 2.49. The Hall–Kier alpha value is -2.12. The van der Waals surface area contributed by atoms with Gasteiger partial charge in [0, 0.05) is 13.2 Å². The smallest absolute Gasteiger partial charge is 0.431 e. The Labute approximate surface area is 92.9 Å². The molecule has 0 saturated heterocycles. The third kappa shape index (κ3) is 2.05. The molecule has 2 aromatic rings. The maximum absolute atomic E-state index is 12.5. The molecule has 17 heavy (non-hydrogen) atoms. The second-order valence-corrected chi connectivity index (χ2v) is 3.22. The van der Waals surface area contributed by atoms with Crippen LogP contribution in [0.1, 0.15) is 16.2 Å². The number of alkyl halides is 3. The van der Waals surface area contributed by atoms with Gasteiger partial charge in [-0.05, 0) is 6.07 Å². The molecule has 0 fully saturated rings. The van der Waals surface area contributed by atoms with E-state index < -0.39 is 17.6 Å². The van der Waals surface area contributed by atoms with Gasteiger partial charge in [-0.15, -0.1) is 0 Å². The van der Waals surface area contributed by atoms with Gasteiger partial charge in [0.2, 0.25) is 5.89 Å². The van der Waals surface area contributed by atoms with Gasteiger partial charge in [-0.3, -0.25) is 9.48 Å². The standard InChI is InChI=1S/C9H6F3N3O2/c1-15-3-2-5(14-15)8-13-7(9(10,11)12)6(4-16)17-8/h2-4H,1H3. The molecule has 0 aliphatic rings. The number of carbonyl (C=O) groups excluding carboxylic acids is 1. The summed E-state index contributed by atoms with van der Waals surface area (Å²) in [5.74, 6) is -1.18. The molecule has 0 atom stereocenters. The third-order valence-electron chi connectivity index (χ3n) is 1.96. The fraction of sp³-hybridized carbons (Fsp3) is 0.222. The lowest BCUT2D eigenvalue weighted by Crippen LogP contribution is -2.08. The van der Waals surface area contributed by atoms with Crippen molar-refractivity contribution in [2.45, 2.75) is 6.18 Å². The fourth-order valence-electron chi connectivity index (χ4n) is 1.25. The lowest BCUT2D eigenvalue weighted by atomic mass is 10.3. The Bertz CT molecular complexity index is 556. The SMILES string of the molecule is Cn1ccc(-c2nc(C(F)(F)F)c(C=O)o2)n1. The molecular formula is C9H6F3N3O2. The van der Waals surface area contributed by atoms with Crippen LogP contribution in [0.2, 0.25) is 0 Å². The number of rotatable bonds is 2. The maximum Gasteiger partial charge on any atom is 0.437 e. The number of aryl methyl sites for hydroxylation is 1. The van der Waals surface area contributed by atoms with Crippen LogP contribution in [0.15, 0.2) is 16.7 Å². The molecule has 0 aromatic carbocycles. The monoisotopic (exact) mass is 245 g/mol. The largest absolute Gasteiger partial charge is 0.437 e. The van der Waals surface area contributed by atoms with Crippen molar-refractivity contribution in [1.82, 2.24) is 14.8 Å². The Morgan fingerprint density at radius 1 is 1.47 bits per heavy atom. The topological polar surface area (TPSA) is 60.9 Å². The zero-order chi connectivity index (χ0) is 12.6. The van der Waals surface area contributed by atoms with Crippen LogP contribution in [0.3, 0.4) is 0 Å². The fourth-order valence-corrected chi connectivity index (χ4v) is 1.25. The lowest BCUT2D eigenvalue weighted by molar-refractivity contribution is -0.141. The average Bonchev–Trinajstić information content (AvgIpc) is 2.81. The van der Waals surface area contributed by atoms with Crippen molar-refractivity contribution in [3.8, 4) is 11.6 Å². The Morgan fingerprint density at radius 2 is 2.18 bits per heavy atom. The van der Waals surface area contributed by atoms with Crippen LogP contribution in [-0.4, -0.2) is 21.1 Å². The molecule has 0 N–H and O–H groups in total. The summed E-state index contributed by atoms with van der Waals surface area (Å²) in [6.07, 6.45) is -3.23. The zero-order valence-corrected chi connectivity index (χ0v) is 8.52. The van der Waals surface area contributed by atoms with Gasteiger partial charge in [-0.2, -0.15) is 18.3 Å². The number of oxazole rings is 1. The van der Waals surface area contributed by atoms with Crippen molar-refractivity contribution in [2.24, 2.45) is 7.05 Å². The van der Waals surface area contributed by atoms with E-state index in [0.717, 1.165) is 0 Å². The first kappa shape index (κ1) is 11.4. The van der Waals surface area contributed by atoms with Gasteiger partial charge in [-0.25, -0.2) is 4.98 Å². The van der Waals surface area contributed by atoms with Crippen molar-refractivity contribution in [3.63, 3.8) is 0 Å². The predicted octanol–water partition coefficient (Wildman–Crippen LogP) is 1.91. The highest BCUT2D eigenvalue weighted by atomic mass is 19.4. The van der Waals surface area contributed by atoms with Crippen molar-refractivity contribution in [3.05, 3.63) is 23.7 Å². The molecule has 5 nitrogen and oxygen atoms in total. The first-order valence-electron chi connectivity index (χ1n) is 4.45. The number of aromatic nitrogens is 3. The second kappa shape index (κ2) is 3.72. The Morgan fingerprint density at radius 3 is 2.59 bits per heavy atom. The summed E-state index contributed by atoms with van der Waals surface area (Å²) in [4.78, 5) is 13.7. The van der Waals surface area contributed by atoms with Gasteiger partial charge in [-0.1, -0.05) is 0 Å². The van der Waals surface area contributed by atoms with Crippen LogP contribution < -0.4 is 0 Å². The van der Waals surface area contributed by atoms with Gasteiger partial charge < -0.3 is 4.42 Å². The minimum atomic E-state index is -4.73. The number of nitrogens with zero attached hydrogens (tertiary/aromatic N) is 3. The van der Waals surface area contributed by atoms with Crippen LogP contribution >= 0.6 is 0 Å². The van der Waals surface area contributed by atoms with Crippen LogP contribution in [0, 0.1) is 0 Å². The maximum atomic E-state index is 12.5. The van der Waals surface area contributed by atoms with Crippen molar-refractivity contribution in [1.29, 1.82) is 0 Å². The van der Waals surface area contributed by atoms with E-state index in [1.54, 1.807) is 7.05 Å². The number of carbonyl (C=O) groups is 1. The molecule has 0 saturated carbocycles. The highest BCUT2D eigenvalue weighted by molar-refractivity contribution is 5.73. The van der Waals surface area contributed by atoms with E-state index >= 15 is 0 Å². The second-order valence-electron chi connectivity index (χ2n) is 3.22. The van der Waals surface area contributed by atoms with Crippen molar-refractivity contribution < 1.29 is 22.4 Å². The quantitative estimate of drug-likeness (QED) is 0.758. The van der Waals surface area contributed by atoms with E-state index in [2.05, 4.69) is 10.1 Å². The van der Waals surface area contributed by atoms with Gasteiger partial charge in [0.1, 0.15) is 5.69 Å². The van der Waals surface area contributed by atoms with E-state index in [9.17, 15) is 18.0 Å². The van der Waals surface area contributed by atoms with Crippen LogP contribution in [0.25, 0.3) is 11.6 Å². The summed E-state index contributed by atoms with van der Waals surface area (Å²) in [6, 6.07) is 1.43. The summed E-state index contributed by atoms with van der Waals surface area (Å²) in [7, 11) is 1.59. The molecule has 2 heterocycles. The van der Waals surface area contributed by atoms with E-state index in [-0.39, 0.29) is 17.9 Å². The molecule has 8 heteroatoms. The van der Waals surface area contributed by atoms with Crippen LogP contribution in [0.5, 0.6) is 0 Å². The minimum absolute atomic E-state index is 0.0255. The highest BCUT2D eigenvalue weighted by Crippen LogP contribution is 2.33. The molecule has 0 radical (unpaired) electrons. The van der Waals surface area contributed by atoms with E-state index in [0.29, 0.717) is 0 Å². The molecule has 0 spiro atoms. The van der Waals surface area contributed by atoms with Crippen LogP contribution in [-0.2, 0) is 13.2 Å². The number of halogens is 3. The first-order chi connectivity index (χ1) is 7.91. The van der Waals surface area contributed by atoms with E-state index in [4.69, 9.17) is 4.42 Å². The summed E-state index contributed by atoms with van der Waals surface area (Å²) >= 11 is 0. The summed E-state index contributed by atoms with van der Waals surface area (Å²) in [5, 5.41) is 3.83. The average molecular weight is 245 g/mol. The molecule has 0 unspecified atom stereocenters. The summed E-state index contributed by atoms with van der Waals surface area (Å²) < 4.78 is 43.5. The van der Waals surface area contributed by atoms with Crippen molar-refractivity contribution in [2.75, 3.05) is 0 Å². The zero-order valence-electron chi connectivity index (χ0n) is 8.52. The minimum Gasteiger partial charge on any atom is -0.431 e. The van der Waals surface area contributed by atoms with Gasteiger partial charge in [0.25, 0.3) is 0 Å². The molecule has 2 aromatic heterocycles. The Balaban J connectivity index is 2.52. The number of hydrogen-bond donors (Lipinski definition) is 0. The van der Waals surface area contributed by atoms with Gasteiger partial charge in [0.05, 0.1) is 0 Å². The predicted molar refractivity (Wildman–Crippen MR) is 49.1 cm³/mol. The third-order valence-corrected chi connectivity index (χ3v) is 1.96. The van der Waals surface area contributed by atoms with Crippen LogP contribution in [0.4, 0.5) is 13.2 Å². The summed E-state index contributed by atoms with van der Waals surface area (Å²) in [6.45, 7) is 0. The number of aldehydes is 1. The molecule has 0 bridgehead atoms. The molecule has 0 amide bonds. The van der Waals surface area contributed by atoms with Gasteiger partial charge in [0.15, 0.2) is 17.7 Å². The normalized spacial score (nSPS) is 11.8. The molecule has 0 aliphatic heterocycles. The molecular weight excluding hydrogens is 239 g/mol.